The van der Waals surface area contributed by atoms with Crippen molar-refractivity contribution in [1.29, 1.82) is 0 Å². The SMILES string of the molecule is CCCCC1CCC(C(O)CCCOC)CC1. The fourth-order valence-corrected chi connectivity index (χ4v) is 3.03. The second kappa shape index (κ2) is 8.93. The van der Waals surface area contributed by atoms with Crippen molar-refractivity contribution >= 4 is 0 Å². The molecule has 0 heterocycles. The average molecular weight is 242 g/mol. The fourth-order valence-electron chi connectivity index (χ4n) is 3.03. The average Bonchev–Trinajstić information content (AvgIpc) is 2.37. The van der Waals surface area contributed by atoms with Crippen LogP contribution in [-0.4, -0.2) is 24.9 Å². The molecular formula is C15H30O2. The van der Waals surface area contributed by atoms with Crippen molar-refractivity contribution in [3.05, 3.63) is 0 Å². The first kappa shape index (κ1) is 15.0. The molecule has 1 fully saturated rings. The van der Waals surface area contributed by atoms with Crippen LogP contribution in [0.4, 0.5) is 0 Å². The van der Waals surface area contributed by atoms with Crippen LogP contribution in [0.3, 0.4) is 0 Å². The van der Waals surface area contributed by atoms with Gasteiger partial charge >= 0.3 is 0 Å². The first-order valence-electron chi connectivity index (χ1n) is 7.45. The van der Waals surface area contributed by atoms with Crippen molar-refractivity contribution in [3.8, 4) is 0 Å². The Morgan fingerprint density at radius 3 is 2.47 bits per heavy atom. The Kier molecular flexibility index (Phi) is 7.87. The first-order chi connectivity index (χ1) is 8.27. The Labute approximate surface area is 107 Å². The van der Waals surface area contributed by atoms with E-state index < -0.39 is 0 Å². The number of aliphatic hydroxyl groups excluding tert-OH is 1. The van der Waals surface area contributed by atoms with Crippen LogP contribution >= 0.6 is 0 Å². The molecule has 0 spiro atoms. The standard InChI is InChI=1S/C15H30O2/c1-3-4-6-13-8-10-14(11-9-13)15(16)7-5-12-17-2/h13-16H,3-12H2,1-2H3. The highest BCUT2D eigenvalue weighted by Crippen LogP contribution is 2.34. The Morgan fingerprint density at radius 1 is 1.18 bits per heavy atom. The molecule has 1 atom stereocenters. The third-order valence-electron chi connectivity index (χ3n) is 4.25. The summed E-state index contributed by atoms with van der Waals surface area (Å²) in [7, 11) is 1.73. The molecule has 17 heavy (non-hydrogen) atoms. The molecule has 102 valence electrons. The van der Waals surface area contributed by atoms with Crippen LogP contribution in [-0.2, 0) is 4.74 Å². The molecule has 1 rings (SSSR count). The van der Waals surface area contributed by atoms with Crippen molar-refractivity contribution < 1.29 is 9.84 Å². The van der Waals surface area contributed by atoms with Crippen LogP contribution in [0.15, 0.2) is 0 Å². The predicted octanol–water partition coefficient (Wildman–Crippen LogP) is 3.77. The van der Waals surface area contributed by atoms with E-state index in [9.17, 15) is 5.11 Å². The molecule has 0 aliphatic heterocycles. The van der Waals surface area contributed by atoms with Crippen LogP contribution in [0.2, 0.25) is 0 Å². The second-order valence-electron chi connectivity index (χ2n) is 5.63. The first-order valence-corrected chi connectivity index (χ1v) is 7.45. The van der Waals surface area contributed by atoms with Crippen molar-refractivity contribution in [2.45, 2.75) is 70.8 Å². The van der Waals surface area contributed by atoms with Gasteiger partial charge in [-0.15, -0.1) is 0 Å². The molecule has 2 nitrogen and oxygen atoms in total. The molecular weight excluding hydrogens is 212 g/mol. The lowest BCUT2D eigenvalue weighted by atomic mass is 9.77. The van der Waals surface area contributed by atoms with E-state index in [2.05, 4.69) is 6.92 Å². The normalized spacial score (nSPS) is 27.0. The lowest BCUT2D eigenvalue weighted by Crippen LogP contribution is -2.26. The fraction of sp³-hybridized carbons (Fsp3) is 1.00. The van der Waals surface area contributed by atoms with Crippen LogP contribution < -0.4 is 0 Å². The summed E-state index contributed by atoms with van der Waals surface area (Å²) < 4.78 is 5.03. The van der Waals surface area contributed by atoms with Gasteiger partial charge in [0.15, 0.2) is 0 Å². The van der Waals surface area contributed by atoms with Gasteiger partial charge in [-0.3, -0.25) is 0 Å². The van der Waals surface area contributed by atoms with E-state index >= 15 is 0 Å². The molecule has 1 N–H and O–H groups in total. The summed E-state index contributed by atoms with van der Waals surface area (Å²) in [5, 5.41) is 10.1. The third-order valence-corrected chi connectivity index (χ3v) is 4.25. The zero-order valence-electron chi connectivity index (χ0n) is 11.7. The minimum Gasteiger partial charge on any atom is -0.393 e. The highest BCUT2D eigenvalue weighted by atomic mass is 16.5. The van der Waals surface area contributed by atoms with Crippen LogP contribution in [0.5, 0.6) is 0 Å². The summed E-state index contributed by atoms with van der Waals surface area (Å²) in [5.41, 5.74) is 0. The number of aliphatic hydroxyl groups is 1. The van der Waals surface area contributed by atoms with Crippen molar-refractivity contribution in [2.75, 3.05) is 13.7 Å². The maximum Gasteiger partial charge on any atom is 0.0569 e. The van der Waals surface area contributed by atoms with Gasteiger partial charge in [0.2, 0.25) is 0 Å². The minimum atomic E-state index is -0.0859. The number of unbranched alkanes of at least 4 members (excludes halogenated alkanes) is 1. The molecule has 1 aliphatic carbocycles. The Hall–Kier alpha value is -0.0800. The van der Waals surface area contributed by atoms with Crippen LogP contribution in [0.25, 0.3) is 0 Å². The van der Waals surface area contributed by atoms with Gasteiger partial charge in [-0.1, -0.05) is 39.0 Å². The smallest absolute Gasteiger partial charge is 0.0569 e. The number of methoxy groups -OCH3 is 1. The molecule has 0 radical (unpaired) electrons. The monoisotopic (exact) mass is 242 g/mol. The molecule has 2 heteroatoms. The highest BCUT2D eigenvalue weighted by molar-refractivity contribution is 4.77. The van der Waals surface area contributed by atoms with Crippen LogP contribution in [0.1, 0.15) is 64.7 Å². The number of hydrogen-bond donors (Lipinski definition) is 1. The Bertz CT molecular complexity index is 174. The molecule has 0 aromatic heterocycles. The van der Waals surface area contributed by atoms with E-state index in [-0.39, 0.29) is 6.10 Å². The highest BCUT2D eigenvalue weighted by Gasteiger charge is 2.25. The van der Waals surface area contributed by atoms with Gasteiger partial charge in [-0.05, 0) is 37.5 Å². The summed E-state index contributed by atoms with van der Waals surface area (Å²) in [6.07, 6.45) is 11.1. The van der Waals surface area contributed by atoms with Gasteiger partial charge < -0.3 is 9.84 Å². The van der Waals surface area contributed by atoms with E-state index in [1.54, 1.807) is 7.11 Å². The van der Waals surface area contributed by atoms with E-state index in [4.69, 9.17) is 4.74 Å². The van der Waals surface area contributed by atoms with Gasteiger partial charge in [0.25, 0.3) is 0 Å². The zero-order chi connectivity index (χ0) is 12.5. The van der Waals surface area contributed by atoms with Crippen molar-refractivity contribution in [2.24, 2.45) is 11.8 Å². The van der Waals surface area contributed by atoms with Gasteiger partial charge in [-0.2, -0.15) is 0 Å². The van der Waals surface area contributed by atoms with Crippen molar-refractivity contribution in [1.82, 2.24) is 0 Å². The molecule has 1 unspecified atom stereocenters. The zero-order valence-corrected chi connectivity index (χ0v) is 11.7. The molecule has 0 aromatic carbocycles. The quantitative estimate of drug-likeness (QED) is 0.657. The Balaban J connectivity index is 2.12. The maximum absolute atomic E-state index is 10.1. The third kappa shape index (κ3) is 5.87. The predicted molar refractivity (Wildman–Crippen MR) is 72.1 cm³/mol. The summed E-state index contributed by atoms with van der Waals surface area (Å²) in [5.74, 6) is 1.50. The topological polar surface area (TPSA) is 29.5 Å². The largest absolute Gasteiger partial charge is 0.393 e. The summed E-state index contributed by atoms with van der Waals surface area (Å²) in [6, 6.07) is 0. The number of ether oxygens (including phenoxy) is 1. The summed E-state index contributed by atoms with van der Waals surface area (Å²) in [6.45, 7) is 3.05. The number of hydrogen-bond acceptors (Lipinski definition) is 2. The lowest BCUT2D eigenvalue weighted by molar-refractivity contribution is 0.0568. The maximum atomic E-state index is 10.1. The van der Waals surface area contributed by atoms with E-state index in [1.807, 2.05) is 0 Å². The Morgan fingerprint density at radius 2 is 1.88 bits per heavy atom. The van der Waals surface area contributed by atoms with E-state index in [1.165, 1.54) is 44.9 Å². The van der Waals surface area contributed by atoms with Crippen LogP contribution in [0, 0.1) is 11.8 Å². The molecule has 0 saturated heterocycles. The van der Waals surface area contributed by atoms with E-state index in [0.717, 1.165) is 25.4 Å². The molecule has 1 saturated carbocycles. The molecule has 0 amide bonds. The van der Waals surface area contributed by atoms with E-state index in [0.29, 0.717) is 5.92 Å². The van der Waals surface area contributed by atoms with Gasteiger partial charge in [0.05, 0.1) is 6.10 Å². The second-order valence-corrected chi connectivity index (χ2v) is 5.63. The summed E-state index contributed by atoms with van der Waals surface area (Å²) in [4.78, 5) is 0. The number of rotatable bonds is 8. The molecule has 1 aliphatic rings. The lowest BCUT2D eigenvalue weighted by Gasteiger charge is -2.31. The van der Waals surface area contributed by atoms with Gasteiger partial charge in [-0.25, -0.2) is 0 Å². The molecule has 0 aromatic rings. The van der Waals surface area contributed by atoms with Crippen molar-refractivity contribution in [3.63, 3.8) is 0 Å². The molecule has 0 bridgehead atoms. The van der Waals surface area contributed by atoms with Gasteiger partial charge in [0.1, 0.15) is 0 Å². The van der Waals surface area contributed by atoms with Gasteiger partial charge in [0, 0.05) is 13.7 Å². The minimum absolute atomic E-state index is 0.0859. The summed E-state index contributed by atoms with van der Waals surface area (Å²) >= 11 is 0.